The van der Waals surface area contributed by atoms with Gasteiger partial charge >= 0.3 is 0 Å². The van der Waals surface area contributed by atoms with Crippen molar-refractivity contribution in [2.75, 3.05) is 19.7 Å². The van der Waals surface area contributed by atoms with Crippen LogP contribution in [0.2, 0.25) is 0 Å². The summed E-state index contributed by atoms with van der Waals surface area (Å²) in [5.74, 6) is -0.467. The van der Waals surface area contributed by atoms with Crippen molar-refractivity contribution in [3.8, 4) is 0 Å². The van der Waals surface area contributed by atoms with Crippen molar-refractivity contribution in [2.45, 2.75) is 31.9 Å². The van der Waals surface area contributed by atoms with Crippen LogP contribution in [0.25, 0.3) is 0 Å². The number of aryl methyl sites for hydroxylation is 1. The average molecular weight is 263 g/mol. The van der Waals surface area contributed by atoms with Crippen LogP contribution in [0, 0.1) is 12.7 Å². The zero-order chi connectivity index (χ0) is 13.4. The first-order valence-electron chi connectivity index (χ1n) is 6.81. The summed E-state index contributed by atoms with van der Waals surface area (Å²) >= 11 is 0. The van der Waals surface area contributed by atoms with E-state index in [4.69, 9.17) is 4.74 Å². The number of ether oxygens (including phenoxy) is 1. The highest BCUT2D eigenvalue weighted by molar-refractivity contribution is 6.01. The lowest BCUT2D eigenvalue weighted by Gasteiger charge is -2.34. The summed E-state index contributed by atoms with van der Waals surface area (Å²) in [7, 11) is 0. The molecule has 2 aliphatic rings. The number of rotatable bonds is 2. The molecular formula is C15H18FNO2. The summed E-state index contributed by atoms with van der Waals surface area (Å²) in [4.78, 5) is 14.8. The van der Waals surface area contributed by atoms with Gasteiger partial charge in [0, 0.05) is 18.2 Å². The van der Waals surface area contributed by atoms with Gasteiger partial charge in [0.15, 0.2) is 5.78 Å². The predicted octanol–water partition coefficient (Wildman–Crippen LogP) is 2.18. The van der Waals surface area contributed by atoms with E-state index in [1.54, 1.807) is 6.07 Å². The number of morpholine rings is 1. The molecule has 2 fully saturated rings. The molecule has 2 unspecified atom stereocenters. The van der Waals surface area contributed by atoms with Gasteiger partial charge in [0.25, 0.3) is 0 Å². The minimum absolute atomic E-state index is 0.0950. The number of fused-ring (bicyclic) bond motifs is 1. The summed E-state index contributed by atoms with van der Waals surface area (Å²) < 4.78 is 19.0. The van der Waals surface area contributed by atoms with Crippen molar-refractivity contribution in [2.24, 2.45) is 0 Å². The molecule has 2 saturated heterocycles. The van der Waals surface area contributed by atoms with E-state index in [0.717, 1.165) is 18.5 Å². The number of carbonyl (C=O) groups excluding carboxylic acids is 1. The molecule has 1 aromatic rings. The van der Waals surface area contributed by atoms with E-state index < -0.39 is 6.10 Å². The number of hydrogen-bond acceptors (Lipinski definition) is 3. The number of halogens is 1. The molecule has 0 spiro atoms. The standard InChI is InChI=1S/C15H18FNO2/c1-10-4-5-11(16)7-13(10)15(18)14-8-17-6-2-3-12(17)9-19-14/h4-5,7,12,14H,2-3,6,8-9H2,1H3. The summed E-state index contributed by atoms with van der Waals surface area (Å²) in [6.45, 7) is 4.12. The van der Waals surface area contributed by atoms with Crippen molar-refractivity contribution in [1.29, 1.82) is 0 Å². The van der Waals surface area contributed by atoms with Gasteiger partial charge in [-0.25, -0.2) is 4.39 Å². The fourth-order valence-electron chi connectivity index (χ4n) is 3.01. The zero-order valence-corrected chi connectivity index (χ0v) is 11.1. The quantitative estimate of drug-likeness (QED) is 0.766. The number of Topliss-reactive ketones (excluding diaryl/α,β-unsaturated/α-hetero) is 1. The van der Waals surface area contributed by atoms with E-state index in [0.29, 0.717) is 24.8 Å². The molecule has 2 atom stereocenters. The molecule has 0 amide bonds. The Morgan fingerprint density at radius 3 is 3.16 bits per heavy atom. The number of hydrogen-bond donors (Lipinski definition) is 0. The highest BCUT2D eigenvalue weighted by Gasteiger charge is 2.35. The monoisotopic (exact) mass is 263 g/mol. The Balaban J connectivity index is 1.78. The Kier molecular flexibility index (Phi) is 3.37. The molecule has 0 aromatic heterocycles. The number of nitrogens with zero attached hydrogens (tertiary/aromatic N) is 1. The van der Waals surface area contributed by atoms with Crippen molar-refractivity contribution in [1.82, 2.24) is 4.90 Å². The Labute approximate surface area is 112 Å². The van der Waals surface area contributed by atoms with E-state index >= 15 is 0 Å². The van der Waals surface area contributed by atoms with E-state index in [1.807, 2.05) is 6.92 Å². The maximum Gasteiger partial charge on any atom is 0.193 e. The molecule has 1 aromatic carbocycles. The third-order valence-corrected chi connectivity index (χ3v) is 4.15. The summed E-state index contributed by atoms with van der Waals surface area (Å²) in [6, 6.07) is 4.81. The van der Waals surface area contributed by atoms with Gasteiger partial charge in [0.2, 0.25) is 0 Å². The van der Waals surface area contributed by atoms with Crippen molar-refractivity contribution in [3.63, 3.8) is 0 Å². The maximum atomic E-state index is 13.3. The van der Waals surface area contributed by atoms with Crippen molar-refractivity contribution < 1.29 is 13.9 Å². The third-order valence-electron chi connectivity index (χ3n) is 4.15. The molecule has 4 heteroatoms. The van der Waals surface area contributed by atoms with Crippen LogP contribution in [0.4, 0.5) is 4.39 Å². The molecule has 0 N–H and O–H groups in total. The van der Waals surface area contributed by atoms with Gasteiger partial charge in [0.05, 0.1) is 6.61 Å². The molecule has 2 heterocycles. The second-order valence-electron chi connectivity index (χ2n) is 5.44. The Hall–Kier alpha value is -1.26. The third kappa shape index (κ3) is 2.42. The van der Waals surface area contributed by atoms with E-state index in [2.05, 4.69) is 4.90 Å². The van der Waals surface area contributed by atoms with Crippen molar-refractivity contribution >= 4 is 5.78 Å². The molecule has 3 rings (SSSR count). The van der Waals surface area contributed by atoms with Gasteiger partial charge in [-0.1, -0.05) is 6.07 Å². The van der Waals surface area contributed by atoms with Gasteiger partial charge in [-0.05, 0) is 44.0 Å². The Morgan fingerprint density at radius 1 is 1.47 bits per heavy atom. The summed E-state index contributed by atoms with van der Waals surface area (Å²) in [5.41, 5.74) is 1.25. The van der Waals surface area contributed by atoms with Gasteiger partial charge in [-0.15, -0.1) is 0 Å². The highest BCUT2D eigenvalue weighted by Crippen LogP contribution is 2.24. The number of ketones is 1. The minimum Gasteiger partial charge on any atom is -0.367 e. The molecule has 0 aliphatic carbocycles. The zero-order valence-electron chi connectivity index (χ0n) is 11.1. The van der Waals surface area contributed by atoms with Crippen LogP contribution in [-0.4, -0.2) is 42.5 Å². The van der Waals surface area contributed by atoms with Gasteiger partial charge in [-0.3, -0.25) is 9.69 Å². The lowest BCUT2D eigenvalue weighted by molar-refractivity contribution is -0.0345. The Morgan fingerprint density at radius 2 is 2.32 bits per heavy atom. The smallest absolute Gasteiger partial charge is 0.193 e. The lowest BCUT2D eigenvalue weighted by atomic mass is 9.99. The highest BCUT2D eigenvalue weighted by atomic mass is 19.1. The number of carbonyl (C=O) groups is 1. The van der Waals surface area contributed by atoms with Crippen LogP contribution >= 0.6 is 0 Å². The first-order valence-corrected chi connectivity index (χ1v) is 6.81. The fourth-order valence-corrected chi connectivity index (χ4v) is 3.01. The van der Waals surface area contributed by atoms with Gasteiger partial charge < -0.3 is 4.74 Å². The molecule has 3 nitrogen and oxygen atoms in total. The fraction of sp³-hybridized carbons (Fsp3) is 0.533. The SMILES string of the molecule is Cc1ccc(F)cc1C(=O)C1CN2CCCC2CO1. The Bertz CT molecular complexity index is 503. The van der Waals surface area contributed by atoms with Crippen LogP contribution < -0.4 is 0 Å². The van der Waals surface area contributed by atoms with E-state index in [9.17, 15) is 9.18 Å². The van der Waals surface area contributed by atoms with Crippen LogP contribution in [0.3, 0.4) is 0 Å². The molecule has 102 valence electrons. The minimum atomic E-state index is -0.449. The molecule has 2 aliphatic heterocycles. The average Bonchev–Trinajstić information content (AvgIpc) is 2.88. The first kappa shape index (κ1) is 12.8. The van der Waals surface area contributed by atoms with Crippen molar-refractivity contribution in [3.05, 3.63) is 35.1 Å². The van der Waals surface area contributed by atoms with Crippen LogP contribution in [0.15, 0.2) is 18.2 Å². The topological polar surface area (TPSA) is 29.5 Å². The van der Waals surface area contributed by atoms with Crippen LogP contribution in [-0.2, 0) is 4.74 Å². The van der Waals surface area contributed by atoms with Gasteiger partial charge in [0.1, 0.15) is 11.9 Å². The van der Waals surface area contributed by atoms with Crippen LogP contribution in [0.1, 0.15) is 28.8 Å². The second-order valence-corrected chi connectivity index (χ2v) is 5.44. The first-order chi connectivity index (χ1) is 9.15. The number of benzene rings is 1. The largest absolute Gasteiger partial charge is 0.367 e. The van der Waals surface area contributed by atoms with E-state index in [1.165, 1.54) is 18.6 Å². The lowest BCUT2D eigenvalue weighted by Crippen LogP contribution is -2.49. The molecular weight excluding hydrogens is 245 g/mol. The molecule has 19 heavy (non-hydrogen) atoms. The molecule has 0 bridgehead atoms. The summed E-state index contributed by atoms with van der Waals surface area (Å²) in [6.07, 6.45) is 1.88. The molecule has 0 saturated carbocycles. The normalized spacial score (nSPS) is 27.3. The van der Waals surface area contributed by atoms with Crippen LogP contribution in [0.5, 0.6) is 0 Å². The summed E-state index contributed by atoms with van der Waals surface area (Å²) in [5, 5.41) is 0. The predicted molar refractivity (Wildman–Crippen MR) is 69.8 cm³/mol. The maximum absolute atomic E-state index is 13.3. The van der Waals surface area contributed by atoms with E-state index in [-0.39, 0.29) is 11.6 Å². The van der Waals surface area contributed by atoms with Gasteiger partial charge in [-0.2, -0.15) is 0 Å². The molecule has 0 radical (unpaired) electrons. The second kappa shape index (κ2) is 5.02.